The summed E-state index contributed by atoms with van der Waals surface area (Å²) in [6.45, 7) is 0. The number of carbonyl (C=O) groups is 1. The van der Waals surface area contributed by atoms with Crippen molar-refractivity contribution >= 4 is 46.2 Å². The number of hydrogen-bond donors (Lipinski definition) is 1. The van der Waals surface area contributed by atoms with Crippen molar-refractivity contribution in [1.29, 1.82) is 0 Å². The Bertz CT molecular complexity index is 692. The molecule has 4 rings (SSSR count). The Hall–Kier alpha value is -0.980. The topological polar surface area (TPSA) is 41.5 Å². The fraction of sp³-hybridized carbons (Fsp3) is 0.214. The molecular weight excluding hydrogens is 308 g/mol. The Morgan fingerprint density at radius 2 is 2.05 bits per heavy atom. The molecule has 0 fully saturated rings. The first-order chi connectivity index (χ1) is 9.81. The number of hydrogen-bond acceptors (Lipinski definition) is 4. The van der Waals surface area contributed by atoms with Crippen molar-refractivity contribution in [3.8, 4) is 0 Å². The molecule has 6 heteroatoms. The minimum absolute atomic E-state index is 0.0761. The van der Waals surface area contributed by atoms with Gasteiger partial charge < -0.3 is 5.32 Å². The zero-order chi connectivity index (χ0) is 13.5. The smallest absolute Gasteiger partial charge is 0.257 e. The molecule has 0 bridgehead atoms. The minimum atomic E-state index is -0.0761. The molecule has 0 spiro atoms. The number of allylic oxidation sites excluding steroid dienone is 1. The molecule has 1 amide bonds. The molecular formula is C14H12N2OS3. The van der Waals surface area contributed by atoms with Crippen LogP contribution in [-0.2, 0) is 0 Å². The van der Waals surface area contributed by atoms with Crippen LogP contribution in [-0.4, -0.2) is 16.1 Å². The maximum atomic E-state index is 12.1. The van der Waals surface area contributed by atoms with Crippen LogP contribution in [0.15, 0.2) is 45.8 Å². The fourth-order valence-electron chi connectivity index (χ4n) is 2.42. The lowest BCUT2D eigenvalue weighted by molar-refractivity contribution is 0.0978. The Balaban J connectivity index is 1.50. The van der Waals surface area contributed by atoms with Gasteiger partial charge in [0, 0.05) is 10.5 Å². The van der Waals surface area contributed by atoms with E-state index >= 15 is 0 Å². The van der Waals surface area contributed by atoms with Gasteiger partial charge in [0.1, 0.15) is 4.99 Å². The lowest BCUT2D eigenvalue weighted by Gasteiger charge is -2.05. The predicted octanol–water partition coefficient (Wildman–Crippen LogP) is 3.93. The molecule has 1 aliphatic carbocycles. The van der Waals surface area contributed by atoms with Crippen LogP contribution in [0.3, 0.4) is 0 Å². The molecule has 102 valence electrons. The molecule has 0 saturated carbocycles. The molecule has 20 heavy (non-hydrogen) atoms. The fourth-order valence-corrected chi connectivity index (χ4v) is 9.23. The summed E-state index contributed by atoms with van der Waals surface area (Å²) < 4.78 is 0. The number of amides is 1. The summed E-state index contributed by atoms with van der Waals surface area (Å²) in [6, 6.07) is 9.28. The zero-order valence-corrected chi connectivity index (χ0v) is 13.0. The van der Waals surface area contributed by atoms with Crippen molar-refractivity contribution in [3.05, 3.63) is 46.4 Å². The van der Waals surface area contributed by atoms with E-state index in [4.69, 9.17) is 0 Å². The Morgan fingerprint density at radius 1 is 1.20 bits per heavy atom. The molecule has 1 aromatic carbocycles. The number of rotatable bonds is 1. The maximum Gasteiger partial charge on any atom is 0.257 e. The molecule has 1 unspecified atom stereocenters. The standard InChI is InChI=1S/C14H12N2OS3/c17-12(9-5-2-1-3-6-9)15-14-16-13-10-7-4-8-11(10)18-20(13)19-14/h1-3,5-6H,4,7-8H2,(H,15,16,17). The van der Waals surface area contributed by atoms with Crippen LogP contribution in [0.2, 0.25) is 0 Å². The van der Waals surface area contributed by atoms with E-state index in [1.807, 2.05) is 41.1 Å². The normalized spacial score (nSPS) is 23.7. The predicted molar refractivity (Wildman–Crippen MR) is 90.0 cm³/mol. The van der Waals surface area contributed by atoms with Crippen LogP contribution < -0.4 is 5.32 Å². The Kier molecular flexibility index (Phi) is 3.24. The van der Waals surface area contributed by atoms with Crippen LogP contribution in [0.4, 0.5) is 0 Å². The number of amidine groups is 1. The third-order valence-electron chi connectivity index (χ3n) is 3.37. The molecule has 3 aliphatic rings. The van der Waals surface area contributed by atoms with E-state index in [2.05, 4.69) is 10.3 Å². The van der Waals surface area contributed by atoms with Gasteiger partial charge in [-0.3, -0.25) is 4.79 Å². The molecule has 0 aromatic heterocycles. The first-order valence-electron chi connectivity index (χ1n) is 6.46. The molecule has 3 nitrogen and oxygen atoms in total. The van der Waals surface area contributed by atoms with E-state index < -0.39 is 0 Å². The van der Waals surface area contributed by atoms with Gasteiger partial charge >= 0.3 is 0 Å². The van der Waals surface area contributed by atoms with Crippen molar-refractivity contribution in [2.45, 2.75) is 19.3 Å². The zero-order valence-electron chi connectivity index (χ0n) is 10.6. The summed E-state index contributed by atoms with van der Waals surface area (Å²) in [6.07, 6.45) is 3.63. The third kappa shape index (κ3) is 2.16. The number of carbonyl (C=O) groups excluding carboxylic acids is 1. The monoisotopic (exact) mass is 320 g/mol. The molecule has 0 saturated heterocycles. The number of nitrogens with one attached hydrogen (secondary N) is 1. The van der Waals surface area contributed by atoms with Gasteiger partial charge in [-0.2, -0.15) is 0 Å². The molecule has 1 N–H and O–H groups in total. The quantitative estimate of drug-likeness (QED) is 0.629. The van der Waals surface area contributed by atoms with Crippen LogP contribution >= 0.6 is 30.1 Å². The molecule has 2 aliphatic heterocycles. The van der Waals surface area contributed by atoms with Crippen LogP contribution in [0, 0.1) is 0 Å². The highest BCUT2D eigenvalue weighted by Gasteiger charge is 2.33. The number of benzene rings is 1. The first-order valence-corrected chi connectivity index (χ1v) is 10.4. The van der Waals surface area contributed by atoms with E-state index in [-0.39, 0.29) is 14.5 Å². The summed E-state index contributed by atoms with van der Waals surface area (Å²) in [5.41, 5.74) is 2.13. The average molecular weight is 320 g/mol. The SMILES string of the molecule is O=C(NC1=NC2=S(S1)SC1=C2CCC1)c1ccccc1. The summed E-state index contributed by atoms with van der Waals surface area (Å²) in [5.74, 6) is -0.0761. The lowest BCUT2D eigenvalue weighted by Crippen LogP contribution is -2.27. The largest absolute Gasteiger partial charge is 0.300 e. The lowest BCUT2D eigenvalue weighted by atomic mass is 10.2. The third-order valence-corrected chi connectivity index (χ3v) is 9.49. The van der Waals surface area contributed by atoms with Crippen molar-refractivity contribution in [2.75, 3.05) is 0 Å². The number of nitrogens with zero attached hydrogens (tertiary/aromatic N) is 1. The van der Waals surface area contributed by atoms with Crippen molar-refractivity contribution < 1.29 is 4.79 Å². The second-order valence-corrected chi connectivity index (χ2v) is 10.4. The van der Waals surface area contributed by atoms with Gasteiger partial charge in [0.25, 0.3) is 5.91 Å². The number of aliphatic imine (C=N–C) groups is 1. The van der Waals surface area contributed by atoms with E-state index in [1.165, 1.54) is 28.3 Å². The highest BCUT2D eigenvalue weighted by Crippen LogP contribution is 2.61. The highest BCUT2D eigenvalue weighted by atomic mass is 33.5. The van der Waals surface area contributed by atoms with Gasteiger partial charge in [-0.1, -0.05) is 29.0 Å². The Labute approximate surface area is 127 Å². The van der Waals surface area contributed by atoms with Crippen molar-refractivity contribution in [2.24, 2.45) is 4.99 Å². The summed E-state index contributed by atoms with van der Waals surface area (Å²) in [4.78, 5) is 19.5. The average Bonchev–Trinajstić information content (AvgIpc) is 3.11. The van der Waals surface area contributed by atoms with Crippen LogP contribution in [0.5, 0.6) is 0 Å². The summed E-state index contributed by atoms with van der Waals surface area (Å²) in [7, 11) is 3.71. The molecule has 1 aromatic rings. The van der Waals surface area contributed by atoms with E-state index in [0.29, 0.717) is 5.56 Å². The summed E-state index contributed by atoms with van der Waals surface area (Å²) >= 11 is 0. The minimum Gasteiger partial charge on any atom is -0.300 e. The van der Waals surface area contributed by atoms with Crippen molar-refractivity contribution in [1.82, 2.24) is 5.32 Å². The van der Waals surface area contributed by atoms with Gasteiger partial charge in [-0.25, -0.2) is 4.99 Å². The van der Waals surface area contributed by atoms with Crippen LogP contribution in [0.1, 0.15) is 29.6 Å². The number of fused-ring (bicyclic) bond motifs is 1. The second kappa shape index (κ2) is 5.09. The van der Waals surface area contributed by atoms with Gasteiger partial charge in [-0.05, 0) is 56.3 Å². The van der Waals surface area contributed by atoms with Gasteiger partial charge in [0.15, 0.2) is 5.17 Å². The molecule has 1 atom stereocenters. The molecule has 2 heterocycles. The van der Waals surface area contributed by atoms with Gasteiger partial charge in [-0.15, -0.1) is 0 Å². The van der Waals surface area contributed by atoms with E-state index in [1.54, 1.807) is 10.8 Å². The van der Waals surface area contributed by atoms with E-state index in [9.17, 15) is 4.79 Å². The summed E-state index contributed by atoms with van der Waals surface area (Å²) in [5, 5.41) is 3.68. The van der Waals surface area contributed by atoms with Gasteiger partial charge in [0.05, 0.1) is 0 Å². The van der Waals surface area contributed by atoms with Gasteiger partial charge in [0.2, 0.25) is 0 Å². The first kappa shape index (κ1) is 12.7. The maximum absolute atomic E-state index is 12.1. The Morgan fingerprint density at radius 3 is 2.90 bits per heavy atom. The highest BCUT2D eigenvalue weighted by molar-refractivity contribution is 9.19. The van der Waals surface area contributed by atoms with Crippen molar-refractivity contribution in [3.63, 3.8) is 0 Å². The second-order valence-electron chi connectivity index (χ2n) is 4.70. The molecule has 0 radical (unpaired) electrons. The van der Waals surface area contributed by atoms with E-state index in [0.717, 1.165) is 11.6 Å². The van der Waals surface area contributed by atoms with Crippen LogP contribution in [0.25, 0.3) is 0 Å².